The molecule has 3 aliphatic rings. The summed E-state index contributed by atoms with van der Waals surface area (Å²) in [5.41, 5.74) is 1.30. The lowest BCUT2D eigenvalue weighted by atomic mass is 9.85. The summed E-state index contributed by atoms with van der Waals surface area (Å²) in [5.74, 6) is -0.363. The molecule has 3 atom stereocenters. The number of ether oxygens (including phenoxy) is 4. The summed E-state index contributed by atoms with van der Waals surface area (Å²) in [6, 6.07) is 3.84. The highest BCUT2D eigenvalue weighted by Crippen LogP contribution is 2.30. The Morgan fingerprint density at radius 3 is 2.58 bits per heavy atom. The van der Waals surface area contributed by atoms with Crippen molar-refractivity contribution in [1.82, 2.24) is 15.1 Å². The first-order valence-electron chi connectivity index (χ1n) is 13.7. The summed E-state index contributed by atoms with van der Waals surface area (Å²) < 4.78 is 21.9. The van der Waals surface area contributed by atoms with Crippen LogP contribution in [0.2, 0.25) is 0 Å². The fourth-order valence-electron chi connectivity index (χ4n) is 5.13. The van der Waals surface area contributed by atoms with Crippen molar-refractivity contribution in [3.63, 3.8) is 0 Å². The van der Waals surface area contributed by atoms with E-state index in [0.717, 1.165) is 29.7 Å². The Balaban J connectivity index is 1.55. The molecule has 1 N–H and O–H groups in total. The Morgan fingerprint density at radius 2 is 1.82 bits per heavy atom. The number of nitrogens with zero attached hydrogens (tertiary/aromatic N) is 2. The number of nitrogens with one attached hydrogen (secondary N) is 1. The normalized spacial score (nSPS) is 25.5. The molecule has 3 heterocycles. The molecule has 3 aliphatic heterocycles. The first-order valence-corrected chi connectivity index (χ1v) is 13.7. The van der Waals surface area contributed by atoms with Gasteiger partial charge in [0.25, 0.3) is 0 Å². The molecule has 1 saturated heterocycles. The third-order valence-electron chi connectivity index (χ3n) is 7.33. The van der Waals surface area contributed by atoms with E-state index in [2.05, 4.69) is 5.32 Å². The monoisotopic (exact) mass is 557 g/mol. The van der Waals surface area contributed by atoms with E-state index in [-0.39, 0.29) is 19.6 Å². The highest BCUT2D eigenvalue weighted by atomic mass is 16.6. The number of hydrogen-bond donors (Lipinski definition) is 1. The number of amides is 3. The highest BCUT2D eigenvalue weighted by Gasteiger charge is 2.47. The van der Waals surface area contributed by atoms with Gasteiger partial charge in [0, 0.05) is 19.5 Å². The predicted octanol–water partition coefficient (Wildman–Crippen LogP) is 3.54. The van der Waals surface area contributed by atoms with Gasteiger partial charge in [0.1, 0.15) is 30.5 Å². The molecule has 0 saturated carbocycles. The standard InChI is InChI=1S/C29H39N3O8/c1-29(2,3)24-25(33)32-18-22(15-23(32)26(34)37-4)40-28(36)31-16-19-10-11-21(14-20(19)17-31)38-12-8-6-5-7-9-13-39-27(35)30-24/h6,8,10-11,14,22-24H,5,7,9,12-13,15-18H2,1-4H3,(H,30,35)/b8-6+/t22?,23-,24+/m0/s1. The van der Waals surface area contributed by atoms with Crippen LogP contribution in [0.1, 0.15) is 57.6 Å². The van der Waals surface area contributed by atoms with Crippen LogP contribution in [0.25, 0.3) is 0 Å². The van der Waals surface area contributed by atoms with Gasteiger partial charge in [0.15, 0.2) is 0 Å². The maximum atomic E-state index is 13.8. The molecule has 0 aromatic heterocycles. The van der Waals surface area contributed by atoms with Crippen molar-refractivity contribution in [3.05, 3.63) is 41.5 Å². The smallest absolute Gasteiger partial charge is 0.410 e. The van der Waals surface area contributed by atoms with Crippen molar-refractivity contribution in [2.24, 2.45) is 5.41 Å². The fraction of sp³-hybridized carbons (Fsp3) is 0.586. The SMILES string of the molecule is COC(=O)[C@@H]1CC2CN1C(=O)[C@H](C(C)(C)C)NC(=O)OCCCC/C=C/COc1ccc3c(c1)CN(C3)C(=O)O2. The van der Waals surface area contributed by atoms with Gasteiger partial charge in [0.05, 0.1) is 20.3 Å². The maximum absolute atomic E-state index is 13.8. The molecule has 5 bridgehead atoms. The van der Waals surface area contributed by atoms with Crippen LogP contribution in [0.3, 0.4) is 0 Å². The van der Waals surface area contributed by atoms with E-state index < -0.39 is 47.7 Å². The summed E-state index contributed by atoms with van der Waals surface area (Å²) in [4.78, 5) is 55.0. The Labute approximate surface area is 234 Å². The molecular weight excluding hydrogens is 518 g/mol. The number of carbonyl (C=O) groups is 4. The van der Waals surface area contributed by atoms with Crippen LogP contribution in [0.5, 0.6) is 5.75 Å². The number of benzene rings is 1. The average molecular weight is 558 g/mol. The number of carbonyl (C=O) groups excluding carboxylic acids is 4. The Kier molecular flexibility index (Phi) is 9.21. The Hall–Kier alpha value is -3.76. The second-order valence-electron chi connectivity index (χ2n) is 11.4. The lowest BCUT2D eigenvalue weighted by Crippen LogP contribution is -2.57. The molecule has 40 heavy (non-hydrogen) atoms. The molecule has 4 rings (SSSR count). The van der Waals surface area contributed by atoms with E-state index in [0.29, 0.717) is 26.1 Å². The van der Waals surface area contributed by atoms with E-state index in [1.807, 2.05) is 51.1 Å². The van der Waals surface area contributed by atoms with Gasteiger partial charge in [-0.15, -0.1) is 0 Å². The molecule has 1 fully saturated rings. The number of rotatable bonds is 1. The van der Waals surface area contributed by atoms with Gasteiger partial charge in [-0.2, -0.15) is 0 Å². The first-order chi connectivity index (χ1) is 19.1. The largest absolute Gasteiger partial charge is 0.490 e. The van der Waals surface area contributed by atoms with Gasteiger partial charge in [-0.3, -0.25) is 9.69 Å². The number of hydrogen-bond acceptors (Lipinski definition) is 8. The molecule has 0 radical (unpaired) electrons. The molecule has 218 valence electrons. The van der Waals surface area contributed by atoms with E-state index in [4.69, 9.17) is 18.9 Å². The van der Waals surface area contributed by atoms with Gasteiger partial charge < -0.3 is 29.2 Å². The molecule has 11 nitrogen and oxygen atoms in total. The van der Waals surface area contributed by atoms with Crippen molar-refractivity contribution in [2.75, 3.05) is 26.9 Å². The van der Waals surface area contributed by atoms with Crippen molar-refractivity contribution in [1.29, 1.82) is 0 Å². The van der Waals surface area contributed by atoms with E-state index in [9.17, 15) is 19.2 Å². The first kappa shape index (κ1) is 29.2. The van der Waals surface area contributed by atoms with Crippen molar-refractivity contribution >= 4 is 24.1 Å². The van der Waals surface area contributed by atoms with Crippen LogP contribution in [-0.2, 0) is 36.9 Å². The highest BCUT2D eigenvalue weighted by molar-refractivity contribution is 5.91. The Bertz CT molecular complexity index is 1140. The molecule has 1 aromatic carbocycles. The third kappa shape index (κ3) is 7.05. The topological polar surface area (TPSA) is 124 Å². The number of methoxy groups -OCH3 is 1. The zero-order chi connectivity index (χ0) is 28.9. The lowest BCUT2D eigenvalue weighted by molar-refractivity contribution is -0.152. The van der Waals surface area contributed by atoms with E-state index in [1.54, 1.807) is 4.90 Å². The van der Waals surface area contributed by atoms with E-state index in [1.165, 1.54) is 12.0 Å². The van der Waals surface area contributed by atoms with Gasteiger partial charge in [-0.1, -0.05) is 39.0 Å². The second-order valence-corrected chi connectivity index (χ2v) is 11.4. The number of alkyl carbamates (subject to hydrolysis) is 1. The van der Waals surface area contributed by atoms with Crippen LogP contribution in [0, 0.1) is 5.41 Å². The zero-order valence-corrected chi connectivity index (χ0v) is 23.6. The van der Waals surface area contributed by atoms with Crippen LogP contribution < -0.4 is 10.1 Å². The van der Waals surface area contributed by atoms with Crippen molar-refractivity contribution in [3.8, 4) is 5.75 Å². The lowest BCUT2D eigenvalue weighted by Gasteiger charge is -2.34. The van der Waals surface area contributed by atoms with Crippen LogP contribution in [0.4, 0.5) is 9.59 Å². The van der Waals surface area contributed by atoms with Crippen molar-refractivity contribution < 1.29 is 38.1 Å². The second kappa shape index (κ2) is 12.6. The van der Waals surface area contributed by atoms with E-state index >= 15 is 0 Å². The summed E-state index contributed by atoms with van der Waals surface area (Å²) in [7, 11) is 1.25. The predicted molar refractivity (Wildman–Crippen MR) is 144 cm³/mol. The van der Waals surface area contributed by atoms with Gasteiger partial charge in [-0.25, -0.2) is 14.4 Å². The maximum Gasteiger partial charge on any atom is 0.410 e. The summed E-state index contributed by atoms with van der Waals surface area (Å²) >= 11 is 0. The quantitative estimate of drug-likeness (QED) is 0.316. The minimum Gasteiger partial charge on any atom is -0.490 e. The summed E-state index contributed by atoms with van der Waals surface area (Å²) in [6.45, 7) is 6.84. The summed E-state index contributed by atoms with van der Waals surface area (Å²) in [6.07, 6.45) is 4.41. The van der Waals surface area contributed by atoms with Crippen molar-refractivity contribution in [2.45, 2.75) is 77.7 Å². The zero-order valence-electron chi connectivity index (χ0n) is 23.6. The van der Waals surface area contributed by atoms with Gasteiger partial charge in [0.2, 0.25) is 5.91 Å². The molecule has 0 spiro atoms. The number of esters is 1. The minimum absolute atomic E-state index is 0.000571. The number of cyclic esters (lactones) is 1. The summed E-state index contributed by atoms with van der Waals surface area (Å²) in [5, 5.41) is 2.69. The average Bonchev–Trinajstić information content (AvgIpc) is 3.53. The van der Waals surface area contributed by atoms with Crippen LogP contribution in [0.15, 0.2) is 30.4 Å². The fourth-order valence-corrected chi connectivity index (χ4v) is 5.13. The molecule has 3 amide bonds. The molecule has 1 unspecified atom stereocenters. The third-order valence-corrected chi connectivity index (χ3v) is 7.33. The van der Waals surface area contributed by atoms with Crippen LogP contribution >= 0.6 is 0 Å². The molecule has 11 heteroatoms. The van der Waals surface area contributed by atoms with Gasteiger partial charge >= 0.3 is 18.2 Å². The number of allylic oxidation sites excluding steroid dienone is 1. The van der Waals surface area contributed by atoms with Gasteiger partial charge in [-0.05, 0) is 47.9 Å². The minimum atomic E-state index is -0.978. The Morgan fingerprint density at radius 1 is 1.05 bits per heavy atom. The molecule has 1 aromatic rings. The molecular formula is C29H39N3O8. The number of fused-ring (bicyclic) bond motifs is 4. The molecule has 0 aliphatic carbocycles. The van der Waals surface area contributed by atoms with Crippen LogP contribution in [-0.4, -0.2) is 78.9 Å².